The summed E-state index contributed by atoms with van der Waals surface area (Å²) >= 11 is 6.39. The molecular formula is C36H23ClN2O. The molecule has 4 heteroatoms. The summed E-state index contributed by atoms with van der Waals surface area (Å²) in [7, 11) is 0. The van der Waals surface area contributed by atoms with Crippen LogP contribution in [0.25, 0.3) is 54.8 Å². The van der Waals surface area contributed by atoms with Crippen LogP contribution in [0.3, 0.4) is 0 Å². The Balaban J connectivity index is 1.30. The van der Waals surface area contributed by atoms with Gasteiger partial charge in [0.15, 0.2) is 0 Å². The third-order valence-electron chi connectivity index (χ3n) is 7.31. The molecule has 0 spiro atoms. The van der Waals surface area contributed by atoms with E-state index in [-0.39, 0.29) is 5.91 Å². The fourth-order valence-corrected chi connectivity index (χ4v) is 5.53. The van der Waals surface area contributed by atoms with Crippen LogP contribution >= 0.6 is 11.6 Å². The van der Waals surface area contributed by atoms with Crippen LogP contribution in [-0.4, -0.2) is 10.9 Å². The highest BCUT2D eigenvalue weighted by molar-refractivity contribution is 6.31. The Morgan fingerprint density at radius 1 is 0.600 bits per heavy atom. The number of rotatable bonds is 4. The Kier molecular flexibility index (Phi) is 5.99. The minimum absolute atomic E-state index is 0.168. The molecule has 0 aliphatic rings. The van der Waals surface area contributed by atoms with Crippen molar-refractivity contribution >= 4 is 55.6 Å². The summed E-state index contributed by atoms with van der Waals surface area (Å²) in [5, 5.41) is 9.49. The number of halogens is 1. The van der Waals surface area contributed by atoms with Gasteiger partial charge < -0.3 is 5.32 Å². The maximum Gasteiger partial charge on any atom is 0.255 e. The molecule has 1 amide bonds. The molecule has 6 aromatic carbocycles. The van der Waals surface area contributed by atoms with E-state index in [9.17, 15) is 4.79 Å². The lowest BCUT2D eigenvalue weighted by molar-refractivity contribution is 0.102. The first-order chi connectivity index (χ1) is 19.6. The van der Waals surface area contributed by atoms with Crippen LogP contribution in [0.1, 0.15) is 10.4 Å². The largest absolute Gasteiger partial charge is 0.321 e. The number of carbonyl (C=O) groups is 1. The molecule has 0 aliphatic heterocycles. The predicted octanol–water partition coefficient (Wildman–Crippen LogP) is 9.78. The standard InChI is InChI=1S/C36H23ClN2O/c37-27-16-19-34(39-36(40)23-8-2-1-3-9-23)31(22-27)25-14-17-33-26(20-25)15-18-35(38-33)32-21-24-10-4-5-11-28(24)29-12-6-7-13-30(29)32/h1-22H,(H,39,40). The first kappa shape index (κ1) is 24.1. The zero-order valence-electron chi connectivity index (χ0n) is 21.4. The Morgan fingerprint density at radius 3 is 2.20 bits per heavy atom. The van der Waals surface area contributed by atoms with Crippen molar-refractivity contribution in [3.05, 3.63) is 144 Å². The molecule has 0 unspecified atom stereocenters. The summed E-state index contributed by atoms with van der Waals surface area (Å²) in [6, 6.07) is 44.2. The molecule has 0 saturated heterocycles. The van der Waals surface area contributed by atoms with E-state index in [0.717, 1.165) is 33.3 Å². The Bertz CT molecular complexity index is 2070. The number of anilines is 1. The molecule has 0 aliphatic carbocycles. The van der Waals surface area contributed by atoms with E-state index in [4.69, 9.17) is 16.6 Å². The lowest BCUT2D eigenvalue weighted by atomic mass is 9.95. The third-order valence-corrected chi connectivity index (χ3v) is 7.55. The summed E-state index contributed by atoms with van der Waals surface area (Å²) < 4.78 is 0. The number of carbonyl (C=O) groups excluding carboxylic acids is 1. The van der Waals surface area contributed by atoms with Gasteiger partial charge >= 0.3 is 0 Å². The summed E-state index contributed by atoms with van der Waals surface area (Å²) in [4.78, 5) is 18.0. The van der Waals surface area contributed by atoms with E-state index in [1.165, 1.54) is 21.5 Å². The second-order valence-corrected chi connectivity index (χ2v) is 10.2. The van der Waals surface area contributed by atoms with Gasteiger partial charge in [-0.1, -0.05) is 90.5 Å². The van der Waals surface area contributed by atoms with Crippen molar-refractivity contribution in [2.45, 2.75) is 0 Å². The predicted molar refractivity (Wildman–Crippen MR) is 167 cm³/mol. The molecule has 7 aromatic rings. The average Bonchev–Trinajstić information content (AvgIpc) is 3.01. The molecule has 7 rings (SSSR count). The van der Waals surface area contributed by atoms with E-state index in [1.54, 1.807) is 18.2 Å². The normalized spacial score (nSPS) is 11.2. The van der Waals surface area contributed by atoms with Gasteiger partial charge in [-0.05, 0) is 81.7 Å². The van der Waals surface area contributed by atoms with Crippen molar-refractivity contribution in [1.29, 1.82) is 0 Å². The molecule has 1 N–H and O–H groups in total. The summed E-state index contributed by atoms with van der Waals surface area (Å²) in [6.45, 7) is 0. The van der Waals surface area contributed by atoms with Crippen LogP contribution in [0.2, 0.25) is 5.02 Å². The molecular weight excluding hydrogens is 512 g/mol. The quantitative estimate of drug-likeness (QED) is 0.228. The lowest BCUT2D eigenvalue weighted by Crippen LogP contribution is -2.12. The third kappa shape index (κ3) is 4.37. The van der Waals surface area contributed by atoms with E-state index in [1.807, 2.05) is 42.5 Å². The zero-order chi connectivity index (χ0) is 27.1. The van der Waals surface area contributed by atoms with Gasteiger partial charge in [0, 0.05) is 32.8 Å². The Hall–Kier alpha value is -4.99. The smallest absolute Gasteiger partial charge is 0.255 e. The molecule has 0 fully saturated rings. The molecule has 0 atom stereocenters. The minimum Gasteiger partial charge on any atom is -0.321 e. The SMILES string of the molecule is O=C(Nc1ccc(Cl)cc1-c1ccc2nc(-c3cc4ccccc4c4ccccc34)ccc2c1)c1ccccc1. The van der Waals surface area contributed by atoms with Crippen molar-refractivity contribution in [2.75, 3.05) is 5.32 Å². The van der Waals surface area contributed by atoms with Gasteiger partial charge in [0.05, 0.1) is 11.2 Å². The average molecular weight is 535 g/mol. The highest BCUT2D eigenvalue weighted by atomic mass is 35.5. The Morgan fingerprint density at radius 2 is 1.35 bits per heavy atom. The van der Waals surface area contributed by atoms with Crippen LogP contribution in [0, 0.1) is 0 Å². The topological polar surface area (TPSA) is 42.0 Å². The summed E-state index contributed by atoms with van der Waals surface area (Å²) in [5.41, 5.74) is 6.04. The number of hydrogen-bond donors (Lipinski definition) is 1. The van der Waals surface area contributed by atoms with Gasteiger partial charge in [-0.15, -0.1) is 0 Å². The van der Waals surface area contributed by atoms with Crippen LogP contribution in [0.4, 0.5) is 5.69 Å². The first-order valence-corrected chi connectivity index (χ1v) is 13.5. The fourth-order valence-electron chi connectivity index (χ4n) is 5.36. The van der Waals surface area contributed by atoms with Gasteiger partial charge in [-0.2, -0.15) is 0 Å². The second kappa shape index (κ2) is 9.96. The van der Waals surface area contributed by atoms with Crippen LogP contribution < -0.4 is 5.32 Å². The van der Waals surface area contributed by atoms with Crippen molar-refractivity contribution in [2.24, 2.45) is 0 Å². The van der Waals surface area contributed by atoms with Crippen LogP contribution in [0.15, 0.2) is 133 Å². The zero-order valence-corrected chi connectivity index (χ0v) is 22.2. The van der Waals surface area contributed by atoms with Gasteiger partial charge in [-0.25, -0.2) is 4.98 Å². The molecule has 0 bridgehead atoms. The fraction of sp³-hybridized carbons (Fsp3) is 0. The number of fused-ring (bicyclic) bond motifs is 4. The van der Waals surface area contributed by atoms with Gasteiger partial charge in [-0.3, -0.25) is 4.79 Å². The van der Waals surface area contributed by atoms with E-state index in [0.29, 0.717) is 16.3 Å². The van der Waals surface area contributed by atoms with Crippen molar-refractivity contribution in [3.63, 3.8) is 0 Å². The monoisotopic (exact) mass is 534 g/mol. The maximum absolute atomic E-state index is 12.9. The Labute approximate surface area is 236 Å². The second-order valence-electron chi connectivity index (χ2n) is 9.80. The number of nitrogens with zero attached hydrogens (tertiary/aromatic N) is 1. The van der Waals surface area contributed by atoms with E-state index < -0.39 is 0 Å². The van der Waals surface area contributed by atoms with Crippen molar-refractivity contribution in [1.82, 2.24) is 4.98 Å². The lowest BCUT2D eigenvalue weighted by Gasteiger charge is -2.14. The molecule has 1 heterocycles. The molecule has 1 aromatic heterocycles. The molecule has 190 valence electrons. The number of hydrogen-bond acceptors (Lipinski definition) is 2. The molecule has 40 heavy (non-hydrogen) atoms. The van der Waals surface area contributed by atoms with Gasteiger partial charge in [0.25, 0.3) is 5.91 Å². The number of amides is 1. The highest BCUT2D eigenvalue weighted by Crippen LogP contribution is 2.36. The number of benzene rings is 6. The molecule has 0 radical (unpaired) electrons. The summed E-state index contributed by atoms with van der Waals surface area (Å²) in [6.07, 6.45) is 0. The molecule has 0 saturated carbocycles. The maximum atomic E-state index is 12.9. The van der Waals surface area contributed by atoms with Crippen LogP contribution in [-0.2, 0) is 0 Å². The first-order valence-electron chi connectivity index (χ1n) is 13.1. The van der Waals surface area contributed by atoms with Gasteiger partial charge in [0.2, 0.25) is 0 Å². The van der Waals surface area contributed by atoms with E-state index in [2.05, 4.69) is 78.1 Å². The summed E-state index contributed by atoms with van der Waals surface area (Å²) in [5.74, 6) is -0.168. The highest BCUT2D eigenvalue weighted by Gasteiger charge is 2.13. The van der Waals surface area contributed by atoms with E-state index >= 15 is 0 Å². The van der Waals surface area contributed by atoms with Crippen molar-refractivity contribution < 1.29 is 4.79 Å². The minimum atomic E-state index is -0.168. The number of nitrogens with one attached hydrogen (secondary N) is 1. The van der Waals surface area contributed by atoms with Crippen LogP contribution in [0.5, 0.6) is 0 Å². The van der Waals surface area contributed by atoms with Gasteiger partial charge in [0.1, 0.15) is 0 Å². The molecule has 3 nitrogen and oxygen atoms in total. The van der Waals surface area contributed by atoms with Crippen molar-refractivity contribution in [3.8, 4) is 22.4 Å². The number of aromatic nitrogens is 1. The number of pyridine rings is 1.